The number of rotatable bonds is 4. The molecule has 0 N–H and O–H groups in total. The van der Waals surface area contributed by atoms with Crippen LogP contribution in [0, 0.1) is 5.82 Å². The van der Waals surface area contributed by atoms with E-state index in [9.17, 15) is 9.18 Å². The third-order valence-corrected chi connectivity index (χ3v) is 4.67. The van der Waals surface area contributed by atoms with Gasteiger partial charge in [0, 0.05) is 37.8 Å². The van der Waals surface area contributed by atoms with Crippen molar-refractivity contribution < 1.29 is 9.18 Å². The summed E-state index contributed by atoms with van der Waals surface area (Å²) in [4.78, 5) is 16.7. The van der Waals surface area contributed by atoms with Crippen LogP contribution in [0.2, 0.25) is 0 Å². The Morgan fingerprint density at radius 3 is 2.42 bits per heavy atom. The number of piperazine rings is 1. The second-order valence-electron chi connectivity index (χ2n) is 6.38. The molecule has 126 valence electrons. The zero-order valence-electron chi connectivity index (χ0n) is 14.0. The molecule has 1 aliphatic heterocycles. The van der Waals surface area contributed by atoms with E-state index in [-0.39, 0.29) is 11.7 Å². The van der Waals surface area contributed by atoms with Gasteiger partial charge in [-0.3, -0.25) is 9.69 Å². The van der Waals surface area contributed by atoms with E-state index >= 15 is 0 Å². The van der Waals surface area contributed by atoms with Crippen molar-refractivity contribution in [1.29, 1.82) is 0 Å². The van der Waals surface area contributed by atoms with Crippen LogP contribution in [0.15, 0.2) is 54.6 Å². The highest BCUT2D eigenvalue weighted by molar-refractivity contribution is 5.94. The van der Waals surface area contributed by atoms with Crippen molar-refractivity contribution in [2.24, 2.45) is 0 Å². The van der Waals surface area contributed by atoms with Gasteiger partial charge in [-0.25, -0.2) is 4.39 Å². The van der Waals surface area contributed by atoms with Crippen molar-refractivity contribution in [3.63, 3.8) is 0 Å². The van der Waals surface area contributed by atoms with Crippen molar-refractivity contribution in [1.82, 2.24) is 9.80 Å². The van der Waals surface area contributed by atoms with Gasteiger partial charge < -0.3 is 4.90 Å². The van der Waals surface area contributed by atoms with Crippen LogP contribution in [-0.4, -0.2) is 47.9 Å². The van der Waals surface area contributed by atoms with Gasteiger partial charge in [-0.05, 0) is 37.1 Å². The molecule has 1 saturated heterocycles. The Morgan fingerprint density at radius 2 is 1.75 bits per heavy atom. The first-order chi connectivity index (χ1) is 11.6. The lowest BCUT2D eigenvalue weighted by Gasteiger charge is -2.38. The second kappa shape index (κ2) is 7.58. The Kier molecular flexibility index (Phi) is 5.26. The van der Waals surface area contributed by atoms with Crippen LogP contribution < -0.4 is 0 Å². The Hall–Kier alpha value is -2.20. The van der Waals surface area contributed by atoms with Crippen molar-refractivity contribution >= 4 is 5.91 Å². The monoisotopic (exact) mass is 326 g/mol. The molecule has 1 aliphatic rings. The SMILES string of the molecule is CC(Cc1ccccc1)N1CCN(C(=O)c2cccc(F)c2)CC1. The molecule has 0 aliphatic carbocycles. The lowest BCUT2D eigenvalue weighted by atomic mass is 10.1. The predicted molar refractivity (Wildman–Crippen MR) is 93.5 cm³/mol. The van der Waals surface area contributed by atoms with Crippen LogP contribution in [0.4, 0.5) is 4.39 Å². The molecule has 1 amide bonds. The smallest absolute Gasteiger partial charge is 0.254 e. The summed E-state index contributed by atoms with van der Waals surface area (Å²) in [6, 6.07) is 16.9. The number of benzene rings is 2. The largest absolute Gasteiger partial charge is 0.336 e. The molecule has 2 aromatic carbocycles. The summed E-state index contributed by atoms with van der Waals surface area (Å²) in [5, 5.41) is 0. The third kappa shape index (κ3) is 4.01. The number of hydrogen-bond donors (Lipinski definition) is 0. The maximum atomic E-state index is 13.3. The van der Waals surface area contributed by atoms with Gasteiger partial charge in [0.2, 0.25) is 0 Å². The number of carbonyl (C=O) groups excluding carboxylic acids is 1. The van der Waals surface area contributed by atoms with Gasteiger partial charge in [-0.15, -0.1) is 0 Å². The van der Waals surface area contributed by atoms with Crippen molar-refractivity contribution in [3.05, 3.63) is 71.5 Å². The minimum Gasteiger partial charge on any atom is -0.336 e. The first kappa shape index (κ1) is 16.7. The standard InChI is InChI=1S/C20H23FN2O/c1-16(14-17-6-3-2-4-7-17)22-10-12-23(13-11-22)20(24)18-8-5-9-19(21)15-18/h2-9,15-16H,10-14H2,1H3. The van der Waals surface area contributed by atoms with Gasteiger partial charge >= 0.3 is 0 Å². The van der Waals surface area contributed by atoms with Crippen LogP contribution in [0.5, 0.6) is 0 Å². The van der Waals surface area contributed by atoms with Gasteiger partial charge in [0.05, 0.1) is 0 Å². The number of hydrogen-bond acceptors (Lipinski definition) is 2. The van der Waals surface area contributed by atoms with Gasteiger partial charge in [0.15, 0.2) is 0 Å². The van der Waals surface area contributed by atoms with Gasteiger partial charge in [-0.1, -0.05) is 36.4 Å². The first-order valence-corrected chi connectivity index (χ1v) is 8.46. The molecule has 0 saturated carbocycles. The summed E-state index contributed by atoms with van der Waals surface area (Å²) in [5.41, 5.74) is 1.77. The summed E-state index contributed by atoms with van der Waals surface area (Å²) >= 11 is 0. The van der Waals surface area contributed by atoms with Crippen LogP contribution in [0.3, 0.4) is 0 Å². The Balaban J connectivity index is 1.54. The predicted octanol–water partition coefficient (Wildman–Crippen LogP) is 3.21. The number of halogens is 1. The number of carbonyl (C=O) groups is 1. The van der Waals surface area contributed by atoms with E-state index in [4.69, 9.17) is 0 Å². The van der Waals surface area contributed by atoms with Gasteiger partial charge in [-0.2, -0.15) is 0 Å². The minimum atomic E-state index is -0.365. The van der Waals surface area contributed by atoms with Gasteiger partial charge in [0.1, 0.15) is 5.82 Å². The minimum absolute atomic E-state index is 0.0788. The molecule has 3 nitrogen and oxygen atoms in total. The lowest BCUT2D eigenvalue weighted by Crippen LogP contribution is -2.51. The number of nitrogens with zero attached hydrogens (tertiary/aromatic N) is 2. The normalized spacial score (nSPS) is 16.8. The Morgan fingerprint density at radius 1 is 1.04 bits per heavy atom. The average Bonchev–Trinajstić information content (AvgIpc) is 2.62. The van der Waals surface area contributed by atoms with Gasteiger partial charge in [0.25, 0.3) is 5.91 Å². The Labute approximate surface area is 142 Å². The molecule has 0 bridgehead atoms. The summed E-state index contributed by atoms with van der Waals surface area (Å²) in [7, 11) is 0. The summed E-state index contributed by atoms with van der Waals surface area (Å²) in [6.45, 7) is 5.32. The maximum absolute atomic E-state index is 13.3. The van der Waals surface area contributed by atoms with E-state index < -0.39 is 0 Å². The molecular weight excluding hydrogens is 303 g/mol. The van der Waals surface area contributed by atoms with E-state index in [2.05, 4.69) is 36.1 Å². The van der Waals surface area contributed by atoms with Crippen molar-refractivity contribution in [2.45, 2.75) is 19.4 Å². The summed E-state index contributed by atoms with van der Waals surface area (Å²) in [6.07, 6.45) is 1.01. The zero-order valence-corrected chi connectivity index (χ0v) is 14.0. The van der Waals surface area contributed by atoms with Crippen LogP contribution >= 0.6 is 0 Å². The average molecular weight is 326 g/mol. The number of amides is 1. The molecule has 2 aromatic rings. The molecule has 1 atom stereocenters. The molecule has 4 heteroatoms. The molecule has 24 heavy (non-hydrogen) atoms. The maximum Gasteiger partial charge on any atom is 0.254 e. The fourth-order valence-corrected chi connectivity index (χ4v) is 3.25. The Bertz CT molecular complexity index is 681. The van der Waals surface area contributed by atoms with Crippen molar-refractivity contribution in [3.8, 4) is 0 Å². The zero-order chi connectivity index (χ0) is 16.9. The fourth-order valence-electron chi connectivity index (χ4n) is 3.25. The third-order valence-electron chi connectivity index (χ3n) is 4.67. The fraction of sp³-hybridized carbons (Fsp3) is 0.350. The van der Waals surface area contributed by atoms with E-state index in [1.165, 1.54) is 17.7 Å². The molecule has 1 fully saturated rings. The van der Waals surface area contributed by atoms with Crippen LogP contribution in [0.1, 0.15) is 22.8 Å². The second-order valence-corrected chi connectivity index (χ2v) is 6.38. The molecule has 0 radical (unpaired) electrons. The molecular formula is C20H23FN2O. The van der Waals surface area contributed by atoms with E-state index in [1.54, 1.807) is 12.1 Å². The quantitative estimate of drug-likeness (QED) is 0.861. The van der Waals surface area contributed by atoms with E-state index in [0.29, 0.717) is 24.7 Å². The molecule has 0 aromatic heterocycles. The van der Waals surface area contributed by atoms with E-state index in [1.807, 2.05) is 11.0 Å². The van der Waals surface area contributed by atoms with E-state index in [0.717, 1.165) is 19.5 Å². The highest BCUT2D eigenvalue weighted by Gasteiger charge is 2.24. The van der Waals surface area contributed by atoms with Crippen LogP contribution in [0.25, 0.3) is 0 Å². The highest BCUT2D eigenvalue weighted by atomic mass is 19.1. The van der Waals surface area contributed by atoms with Crippen LogP contribution in [-0.2, 0) is 6.42 Å². The lowest BCUT2D eigenvalue weighted by molar-refractivity contribution is 0.0582. The summed E-state index contributed by atoms with van der Waals surface area (Å²) in [5.74, 6) is -0.444. The molecule has 0 spiro atoms. The molecule has 3 rings (SSSR count). The summed E-state index contributed by atoms with van der Waals surface area (Å²) < 4.78 is 13.3. The van der Waals surface area contributed by atoms with Crippen molar-refractivity contribution in [2.75, 3.05) is 26.2 Å². The first-order valence-electron chi connectivity index (χ1n) is 8.46. The highest BCUT2D eigenvalue weighted by Crippen LogP contribution is 2.14. The molecule has 1 heterocycles. The topological polar surface area (TPSA) is 23.6 Å². The molecule has 1 unspecified atom stereocenters.